The van der Waals surface area contributed by atoms with Crippen molar-refractivity contribution in [2.24, 2.45) is 5.14 Å². The molecule has 2 N–H and O–H groups in total. The molecule has 0 aromatic carbocycles. The maximum absolute atomic E-state index is 10.4. The molecule has 0 spiro atoms. The number of rotatable bonds is 3. The number of nitrogens with zero attached hydrogens (tertiary/aromatic N) is 1. The minimum Gasteiger partial charge on any atom is -0.252 e. The zero-order valence-corrected chi connectivity index (χ0v) is 8.88. The highest BCUT2D eigenvalue weighted by atomic mass is 79.9. The average Bonchev–Trinajstić information content (AvgIpc) is 2.00. The van der Waals surface area contributed by atoms with Crippen LogP contribution in [0.25, 0.3) is 0 Å². The molecule has 0 radical (unpaired) electrons. The fourth-order valence-corrected chi connectivity index (χ4v) is 1.34. The van der Waals surface area contributed by atoms with Crippen molar-refractivity contribution in [1.29, 1.82) is 0 Å². The molecule has 5 nitrogen and oxygen atoms in total. The number of pyridine rings is 1. The second-order valence-corrected chi connectivity index (χ2v) is 4.24. The predicted octanol–water partition coefficient (Wildman–Crippen LogP) is 0.564. The van der Waals surface area contributed by atoms with Crippen molar-refractivity contribution in [3.63, 3.8) is 0 Å². The van der Waals surface area contributed by atoms with Gasteiger partial charge >= 0.3 is 10.3 Å². The van der Waals surface area contributed by atoms with Gasteiger partial charge in [0.15, 0.2) is 0 Å². The first-order chi connectivity index (χ1) is 5.97. The quantitative estimate of drug-likeness (QED) is 0.811. The van der Waals surface area contributed by atoms with Crippen molar-refractivity contribution in [3.05, 3.63) is 28.5 Å². The first kappa shape index (κ1) is 10.6. The lowest BCUT2D eigenvalue weighted by atomic mass is 10.4. The normalized spacial score (nSPS) is 11.5. The van der Waals surface area contributed by atoms with Crippen molar-refractivity contribution in [2.75, 3.05) is 0 Å². The van der Waals surface area contributed by atoms with E-state index in [1.807, 2.05) is 0 Å². The Morgan fingerprint density at radius 3 is 2.77 bits per heavy atom. The van der Waals surface area contributed by atoms with Gasteiger partial charge < -0.3 is 0 Å². The summed E-state index contributed by atoms with van der Waals surface area (Å²) >= 11 is 3.14. The Bertz CT molecular complexity index is 393. The van der Waals surface area contributed by atoms with Gasteiger partial charge in [0.25, 0.3) is 0 Å². The molecular weight excluding hydrogens is 260 g/mol. The van der Waals surface area contributed by atoms with E-state index in [2.05, 4.69) is 30.2 Å². The highest BCUT2D eigenvalue weighted by molar-refractivity contribution is 9.10. The van der Waals surface area contributed by atoms with Gasteiger partial charge in [-0.2, -0.15) is 8.42 Å². The third-order valence-electron chi connectivity index (χ3n) is 1.14. The Morgan fingerprint density at radius 1 is 1.54 bits per heavy atom. The summed E-state index contributed by atoms with van der Waals surface area (Å²) in [5.74, 6) is 0. The Kier molecular flexibility index (Phi) is 3.37. The Hall–Kier alpha value is -0.500. The fourth-order valence-electron chi connectivity index (χ4n) is 0.673. The molecule has 0 unspecified atom stereocenters. The number of nitrogens with two attached hydrogens (primary N) is 1. The topological polar surface area (TPSA) is 82.3 Å². The SMILES string of the molecule is NS(=O)(=O)OCc1cccc(Br)n1. The summed E-state index contributed by atoms with van der Waals surface area (Å²) in [5, 5.41) is 4.63. The lowest BCUT2D eigenvalue weighted by molar-refractivity contribution is 0.304. The molecular formula is C6H7BrN2O3S. The fraction of sp³-hybridized carbons (Fsp3) is 0.167. The first-order valence-electron chi connectivity index (χ1n) is 3.26. The van der Waals surface area contributed by atoms with Crippen LogP contribution in [-0.2, 0) is 21.1 Å². The zero-order valence-electron chi connectivity index (χ0n) is 6.47. The van der Waals surface area contributed by atoms with E-state index in [1.54, 1.807) is 18.2 Å². The average molecular weight is 267 g/mol. The molecule has 0 amide bonds. The molecule has 0 aliphatic carbocycles. The molecule has 1 heterocycles. The van der Waals surface area contributed by atoms with Crippen LogP contribution in [0.4, 0.5) is 0 Å². The van der Waals surface area contributed by atoms with Crippen molar-refractivity contribution in [3.8, 4) is 0 Å². The van der Waals surface area contributed by atoms with Crippen LogP contribution in [0.15, 0.2) is 22.8 Å². The van der Waals surface area contributed by atoms with Crippen LogP contribution < -0.4 is 5.14 Å². The van der Waals surface area contributed by atoms with Crippen LogP contribution in [0, 0.1) is 0 Å². The van der Waals surface area contributed by atoms with Gasteiger partial charge in [-0.15, -0.1) is 0 Å². The molecule has 1 aromatic rings. The third kappa shape index (κ3) is 4.32. The van der Waals surface area contributed by atoms with E-state index < -0.39 is 10.3 Å². The van der Waals surface area contributed by atoms with Crippen LogP contribution in [0.5, 0.6) is 0 Å². The van der Waals surface area contributed by atoms with Gasteiger partial charge in [0, 0.05) is 0 Å². The standard InChI is InChI=1S/C6H7BrN2O3S/c7-6-3-1-2-5(9-6)4-12-13(8,10)11/h1-3H,4H2,(H2,8,10,11). The molecule has 0 saturated carbocycles. The predicted molar refractivity (Wildman–Crippen MR) is 49.8 cm³/mol. The van der Waals surface area contributed by atoms with E-state index in [-0.39, 0.29) is 6.61 Å². The van der Waals surface area contributed by atoms with Gasteiger partial charge in [-0.25, -0.2) is 10.1 Å². The van der Waals surface area contributed by atoms with Gasteiger partial charge in [0.2, 0.25) is 0 Å². The van der Waals surface area contributed by atoms with E-state index in [0.717, 1.165) is 0 Å². The summed E-state index contributed by atoms with van der Waals surface area (Å²) < 4.78 is 25.8. The molecule has 1 aromatic heterocycles. The molecule has 0 atom stereocenters. The highest BCUT2D eigenvalue weighted by Crippen LogP contribution is 2.07. The number of halogens is 1. The Morgan fingerprint density at radius 2 is 2.23 bits per heavy atom. The molecule has 0 saturated heterocycles. The molecule has 72 valence electrons. The molecule has 0 bridgehead atoms. The van der Waals surface area contributed by atoms with Crippen LogP contribution in [0.1, 0.15) is 5.69 Å². The zero-order chi connectivity index (χ0) is 9.90. The van der Waals surface area contributed by atoms with Crippen molar-refractivity contribution in [2.45, 2.75) is 6.61 Å². The van der Waals surface area contributed by atoms with E-state index in [4.69, 9.17) is 0 Å². The molecule has 0 aliphatic rings. The van der Waals surface area contributed by atoms with E-state index in [0.29, 0.717) is 10.3 Å². The summed E-state index contributed by atoms with van der Waals surface area (Å²) in [4.78, 5) is 3.95. The van der Waals surface area contributed by atoms with Gasteiger partial charge in [-0.05, 0) is 28.1 Å². The maximum Gasteiger partial charge on any atom is 0.333 e. The van der Waals surface area contributed by atoms with Crippen molar-refractivity contribution >= 4 is 26.2 Å². The third-order valence-corrected chi connectivity index (χ3v) is 2.03. The monoisotopic (exact) mass is 266 g/mol. The molecule has 13 heavy (non-hydrogen) atoms. The summed E-state index contributed by atoms with van der Waals surface area (Å²) in [6.45, 7) is -0.154. The minimum atomic E-state index is -3.89. The first-order valence-corrected chi connectivity index (χ1v) is 5.52. The number of hydrogen-bond acceptors (Lipinski definition) is 4. The van der Waals surface area contributed by atoms with E-state index >= 15 is 0 Å². The summed E-state index contributed by atoms with van der Waals surface area (Å²) in [7, 11) is -3.89. The van der Waals surface area contributed by atoms with Gasteiger partial charge in [-0.3, -0.25) is 4.18 Å². The lowest BCUT2D eigenvalue weighted by Gasteiger charge is -2.00. The van der Waals surface area contributed by atoms with Crippen LogP contribution in [0.3, 0.4) is 0 Å². The maximum atomic E-state index is 10.4. The van der Waals surface area contributed by atoms with Crippen molar-refractivity contribution in [1.82, 2.24) is 4.98 Å². The second kappa shape index (κ2) is 4.14. The largest absolute Gasteiger partial charge is 0.333 e. The molecule has 0 fully saturated rings. The lowest BCUT2D eigenvalue weighted by Crippen LogP contribution is -2.15. The van der Waals surface area contributed by atoms with E-state index in [9.17, 15) is 8.42 Å². The molecule has 1 rings (SSSR count). The highest BCUT2D eigenvalue weighted by Gasteiger charge is 2.03. The summed E-state index contributed by atoms with van der Waals surface area (Å²) in [6, 6.07) is 5.08. The Balaban J connectivity index is 2.65. The van der Waals surface area contributed by atoms with Crippen LogP contribution in [0.2, 0.25) is 0 Å². The van der Waals surface area contributed by atoms with Gasteiger partial charge in [0.1, 0.15) is 11.2 Å². The summed E-state index contributed by atoms with van der Waals surface area (Å²) in [6.07, 6.45) is 0. The molecule has 0 aliphatic heterocycles. The second-order valence-electron chi connectivity index (χ2n) is 2.21. The van der Waals surface area contributed by atoms with Crippen molar-refractivity contribution < 1.29 is 12.6 Å². The Labute approximate surface area is 84.3 Å². The molecule has 7 heteroatoms. The smallest absolute Gasteiger partial charge is 0.252 e. The van der Waals surface area contributed by atoms with Crippen LogP contribution >= 0.6 is 15.9 Å². The van der Waals surface area contributed by atoms with Crippen LogP contribution in [-0.4, -0.2) is 13.4 Å². The van der Waals surface area contributed by atoms with E-state index in [1.165, 1.54) is 0 Å². The minimum absolute atomic E-state index is 0.154. The van der Waals surface area contributed by atoms with Gasteiger partial charge in [0.05, 0.1) is 5.69 Å². The summed E-state index contributed by atoms with van der Waals surface area (Å²) in [5.41, 5.74) is 0.489. The number of hydrogen-bond donors (Lipinski definition) is 1. The van der Waals surface area contributed by atoms with Gasteiger partial charge in [-0.1, -0.05) is 6.07 Å². The number of aromatic nitrogens is 1.